The molecule has 27 heteroatoms. The molecule has 0 aliphatic carbocycles. The summed E-state index contributed by atoms with van der Waals surface area (Å²) >= 11 is 0. The summed E-state index contributed by atoms with van der Waals surface area (Å²) in [6.07, 6.45) is 5.22. The van der Waals surface area contributed by atoms with Crippen molar-refractivity contribution >= 4 is 77.0 Å². The number of ketones is 1. The maximum absolute atomic E-state index is 14.5. The maximum atomic E-state index is 14.5. The quantitative estimate of drug-likeness (QED) is 0.0216. The number of unbranched alkanes of at least 4 members (excludes halogenated alkanes) is 7. The normalized spacial score (nSPS) is 14.4. The highest BCUT2D eigenvalue weighted by molar-refractivity contribution is 5.99. The molecule has 11 N–H and O–H groups in total. The Labute approximate surface area is 546 Å². The molecule has 0 aliphatic rings. The fourth-order valence-corrected chi connectivity index (χ4v) is 8.98. The van der Waals surface area contributed by atoms with Crippen LogP contribution < -0.4 is 53.6 Å². The summed E-state index contributed by atoms with van der Waals surface area (Å²) in [6.45, 7) is 29.4. The molecule has 0 fully saturated rings. The minimum atomic E-state index is -1.75. The van der Waals surface area contributed by atoms with Crippen LogP contribution in [0.15, 0.2) is 0 Å². The molecule has 0 bridgehead atoms. The number of ether oxygens (including phenoxy) is 4. The van der Waals surface area contributed by atoms with Gasteiger partial charge in [0.25, 0.3) is 0 Å². The first-order chi connectivity index (χ1) is 42.5. The van der Waals surface area contributed by atoms with E-state index in [0.717, 1.165) is 32.1 Å². The standard InChI is InChI=1S/C65H116N10O17/c1-19-22-25-30-43(41(6)76)70-57(84)45(31-26-23-20-2)73-58(85)46(32-27-24-21-3)72-56(83)44(33-28-29-36-67-61(88)92-65(16,17)18)69-49(77)39-68-55(82)48(38-52(80)91-64(13,14)15)74-60(87)53(40(4)5)75-59(86)47(34-35-50(78)89-62(7,8)9)71-54(81)42(66)37-51(79)90-63(10,11)12/h40,42-48,53H,19-39,66H2,1-18H3,(H,67,88)(H,68,82)(H,69,77)(H,70,84)(H,71,81)(H,72,83)(H,73,85)(H,74,87)(H,75,86)/t42-,43-,44-,45-,46-,47-,48-,53-/m0/s1. The van der Waals surface area contributed by atoms with Gasteiger partial charge in [0.2, 0.25) is 47.3 Å². The monoisotopic (exact) mass is 1310 g/mol. The number of hydrogen-bond donors (Lipinski definition) is 10. The lowest BCUT2D eigenvalue weighted by atomic mass is 10.0. The number of nitrogens with two attached hydrogens (primary N) is 1. The van der Waals surface area contributed by atoms with Gasteiger partial charge in [0, 0.05) is 13.0 Å². The Morgan fingerprint density at radius 3 is 1.18 bits per heavy atom. The molecule has 0 saturated carbocycles. The van der Waals surface area contributed by atoms with Crippen molar-refractivity contribution in [1.82, 2.24) is 47.9 Å². The summed E-state index contributed by atoms with van der Waals surface area (Å²) in [6, 6.07) is -10.6. The summed E-state index contributed by atoms with van der Waals surface area (Å²) in [5.41, 5.74) is 2.44. The molecule has 0 aromatic heterocycles. The van der Waals surface area contributed by atoms with Gasteiger partial charge in [-0.05, 0) is 141 Å². The van der Waals surface area contributed by atoms with Crippen LogP contribution in [0.4, 0.5) is 4.79 Å². The average Bonchev–Trinajstić information content (AvgIpc) is 1.04. The Balaban J connectivity index is 7.08. The predicted octanol–water partition coefficient (Wildman–Crippen LogP) is 5.09. The summed E-state index contributed by atoms with van der Waals surface area (Å²) in [5.74, 6) is -10.3. The Hall–Kier alpha value is -6.93. The third-order valence-electron chi connectivity index (χ3n) is 13.5. The molecule has 0 aliphatic heterocycles. The highest BCUT2D eigenvalue weighted by Gasteiger charge is 2.36. The fraction of sp³-hybridized carbons (Fsp3) is 0.800. The predicted molar refractivity (Wildman–Crippen MR) is 347 cm³/mol. The first-order valence-corrected chi connectivity index (χ1v) is 32.8. The van der Waals surface area contributed by atoms with Crippen LogP contribution >= 0.6 is 0 Å². The lowest BCUT2D eigenvalue weighted by molar-refractivity contribution is -0.157. The van der Waals surface area contributed by atoms with Gasteiger partial charge >= 0.3 is 24.0 Å². The number of carbonyl (C=O) groups excluding carboxylic acids is 13. The van der Waals surface area contributed by atoms with Crippen LogP contribution in [-0.4, -0.2) is 161 Å². The van der Waals surface area contributed by atoms with Crippen molar-refractivity contribution in [3.05, 3.63) is 0 Å². The van der Waals surface area contributed by atoms with Gasteiger partial charge in [0.05, 0.1) is 31.5 Å². The number of rotatable bonds is 42. The second kappa shape index (κ2) is 42.3. The molecule has 0 rings (SSSR count). The topological polar surface area (TPSA) is 393 Å². The molecule has 0 aromatic rings. The third-order valence-corrected chi connectivity index (χ3v) is 13.5. The molecule has 9 amide bonds. The van der Waals surface area contributed by atoms with Gasteiger partial charge in [-0.25, -0.2) is 4.79 Å². The number of nitrogens with one attached hydrogen (secondary N) is 9. The summed E-state index contributed by atoms with van der Waals surface area (Å²) in [5, 5.41) is 23.6. The van der Waals surface area contributed by atoms with Gasteiger partial charge in [0.1, 0.15) is 58.7 Å². The number of hydrogen-bond acceptors (Lipinski definition) is 18. The molecule has 0 heterocycles. The van der Waals surface area contributed by atoms with Crippen molar-refractivity contribution in [2.45, 2.75) is 317 Å². The molecule has 0 saturated heterocycles. The second-order valence-electron chi connectivity index (χ2n) is 27.7. The first-order valence-electron chi connectivity index (χ1n) is 32.8. The summed E-state index contributed by atoms with van der Waals surface area (Å²) in [4.78, 5) is 176. The molecule has 0 spiro atoms. The Bertz CT molecular complexity index is 2410. The van der Waals surface area contributed by atoms with Crippen molar-refractivity contribution in [2.75, 3.05) is 13.1 Å². The Morgan fingerprint density at radius 1 is 0.380 bits per heavy atom. The van der Waals surface area contributed by atoms with Gasteiger partial charge < -0.3 is 72.5 Å². The summed E-state index contributed by atoms with van der Waals surface area (Å²) in [7, 11) is 0. The van der Waals surface area contributed by atoms with Crippen molar-refractivity contribution in [3.8, 4) is 0 Å². The van der Waals surface area contributed by atoms with E-state index >= 15 is 0 Å². The number of carbonyl (C=O) groups is 13. The van der Waals surface area contributed by atoms with Crippen molar-refractivity contribution < 1.29 is 81.3 Å². The summed E-state index contributed by atoms with van der Waals surface area (Å²) < 4.78 is 21.5. The first kappa shape index (κ1) is 85.1. The van der Waals surface area contributed by atoms with Crippen molar-refractivity contribution in [2.24, 2.45) is 11.7 Å². The minimum Gasteiger partial charge on any atom is -0.460 e. The van der Waals surface area contributed by atoms with Crippen molar-refractivity contribution in [1.29, 1.82) is 0 Å². The molecular formula is C65H116N10O17. The number of amides is 9. The van der Waals surface area contributed by atoms with E-state index in [9.17, 15) is 62.3 Å². The SMILES string of the molecule is CCCCC[C@H](NC(=O)[C@H](CCCCC)NC(=O)[C@H](CCCCC)NC(=O)[C@H](CCCCNC(=O)OC(C)(C)C)NC(=O)CNC(=O)[C@H](CC(=O)OC(C)(C)C)NC(=O)[C@@H](NC(=O)[C@H](CCC(=O)OC(C)(C)C)NC(=O)[C@@H](N)CC(=O)OC(C)(C)C)C(C)C)C(C)=O. The van der Waals surface area contributed by atoms with E-state index in [4.69, 9.17) is 24.7 Å². The number of Topliss-reactive ketones (excluding diaryl/α,β-unsaturated/α-hetero) is 1. The molecule has 27 nitrogen and oxygen atoms in total. The molecule has 0 radical (unpaired) electrons. The van der Waals surface area contributed by atoms with Gasteiger partial charge in [-0.15, -0.1) is 0 Å². The van der Waals surface area contributed by atoms with Gasteiger partial charge in [-0.1, -0.05) is 92.4 Å². The smallest absolute Gasteiger partial charge is 0.407 e. The zero-order chi connectivity index (χ0) is 70.7. The lowest BCUT2D eigenvalue weighted by Crippen LogP contribution is -2.60. The van der Waals surface area contributed by atoms with Crippen LogP contribution in [0.1, 0.15) is 247 Å². The van der Waals surface area contributed by atoms with Crippen LogP contribution in [0, 0.1) is 5.92 Å². The highest BCUT2D eigenvalue weighted by atomic mass is 16.6. The van der Waals surface area contributed by atoms with Crippen LogP contribution in [0.2, 0.25) is 0 Å². The molecule has 92 heavy (non-hydrogen) atoms. The van der Waals surface area contributed by atoms with Crippen molar-refractivity contribution in [3.63, 3.8) is 0 Å². The fourth-order valence-electron chi connectivity index (χ4n) is 8.98. The van der Waals surface area contributed by atoms with Crippen LogP contribution in [-0.2, 0) is 76.5 Å². The lowest BCUT2D eigenvalue weighted by Gasteiger charge is -2.28. The van der Waals surface area contributed by atoms with E-state index < -0.39 is 167 Å². The van der Waals surface area contributed by atoms with Gasteiger partial charge in [-0.2, -0.15) is 0 Å². The largest absolute Gasteiger partial charge is 0.460 e. The van der Waals surface area contributed by atoms with Crippen LogP contribution in [0.3, 0.4) is 0 Å². The van der Waals surface area contributed by atoms with E-state index in [1.165, 1.54) is 6.92 Å². The zero-order valence-electron chi connectivity index (χ0n) is 58.6. The zero-order valence-corrected chi connectivity index (χ0v) is 58.6. The van der Waals surface area contributed by atoms with E-state index in [1.807, 2.05) is 20.8 Å². The average molecular weight is 1310 g/mol. The molecule has 8 atom stereocenters. The van der Waals surface area contributed by atoms with Crippen LogP contribution in [0.5, 0.6) is 0 Å². The second-order valence-corrected chi connectivity index (χ2v) is 27.7. The molecule has 0 unspecified atom stereocenters. The molecule has 0 aromatic carbocycles. The Kier molecular flexibility index (Phi) is 39.1. The van der Waals surface area contributed by atoms with Crippen LogP contribution in [0.25, 0.3) is 0 Å². The van der Waals surface area contributed by atoms with Gasteiger partial charge in [0.15, 0.2) is 5.78 Å². The van der Waals surface area contributed by atoms with Gasteiger partial charge in [-0.3, -0.25) is 57.5 Å². The molecule has 528 valence electrons. The van der Waals surface area contributed by atoms with E-state index in [1.54, 1.807) is 96.9 Å². The third kappa shape index (κ3) is 40.1. The highest BCUT2D eigenvalue weighted by Crippen LogP contribution is 2.17. The van der Waals surface area contributed by atoms with E-state index in [0.29, 0.717) is 38.5 Å². The number of alkyl carbamates (subject to hydrolysis) is 1. The number of esters is 3. The van der Waals surface area contributed by atoms with E-state index in [2.05, 4.69) is 47.9 Å². The maximum Gasteiger partial charge on any atom is 0.407 e. The Morgan fingerprint density at radius 2 is 0.750 bits per heavy atom. The minimum absolute atomic E-state index is 0.0403. The molecular weight excluding hydrogens is 1190 g/mol. The van der Waals surface area contributed by atoms with E-state index in [-0.39, 0.29) is 50.9 Å².